The van der Waals surface area contributed by atoms with E-state index in [1.807, 2.05) is 0 Å². The number of nitro benzene ring substituents is 1. The Bertz CT molecular complexity index is 548. The van der Waals surface area contributed by atoms with Crippen LogP contribution in [-0.2, 0) is 9.53 Å². The number of nitrogens with zero attached hydrogens (tertiary/aromatic N) is 1. The van der Waals surface area contributed by atoms with Crippen molar-refractivity contribution in [2.75, 3.05) is 13.7 Å². The van der Waals surface area contributed by atoms with Crippen LogP contribution in [0.5, 0.6) is 0 Å². The van der Waals surface area contributed by atoms with Crippen LogP contribution < -0.4 is 5.32 Å². The predicted octanol–water partition coefficient (Wildman–Crippen LogP) is 0.512. The van der Waals surface area contributed by atoms with Gasteiger partial charge in [0.2, 0.25) is 0 Å². The summed E-state index contributed by atoms with van der Waals surface area (Å²) in [6.07, 6.45) is 0. The molecule has 1 aromatic carbocycles. The molecule has 0 heterocycles. The summed E-state index contributed by atoms with van der Waals surface area (Å²) in [6, 6.07) is 2.40. The minimum absolute atomic E-state index is 0.141. The van der Waals surface area contributed by atoms with Crippen molar-refractivity contribution >= 4 is 29.2 Å². The van der Waals surface area contributed by atoms with Crippen molar-refractivity contribution in [3.8, 4) is 0 Å². The van der Waals surface area contributed by atoms with Gasteiger partial charge in [0, 0.05) is 6.07 Å². The molecule has 0 fully saturated rings. The van der Waals surface area contributed by atoms with Crippen LogP contribution in [0, 0.1) is 10.1 Å². The van der Waals surface area contributed by atoms with Crippen molar-refractivity contribution in [3.05, 3.63) is 38.9 Å². The fraction of sp³-hybridized carbons (Fsp3) is 0.273. The first-order valence-electron chi connectivity index (χ1n) is 5.34. The summed E-state index contributed by atoms with van der Waals surface area (Å²) in [5.74, 6) is -1.83. The van der Waals surface area contributed by atoms with Gasteiger partial charge in [-0.1, -0.05) is 17.7 Å². The van der Waals surface area contributed by atoms with Gasteiger partial charge in [0.05, 0.1) is 23.7 Å². The molecule has 0 aliphatic rings. The number of carbonyl (C=O) groups excluding carboxylic acids is 2. The van der Waals surface area contributed by atoms with E-state index in [9.17, 15) is 19.7 Å². The molecule has 108 valence electrons. The number of ether oxygens (including phenoxy) is 1. The topological polar surface area (TPSA) is 119 Å². The predicted molar refractivity (Wildman–Crippen MR) is 68.5 cm³/mol. The summed E-state index contributed by atoms with van der Waals surface area (Å²) >= 11 is 5.76. The Morgan fingerprint density at radius 1 is 1.55 bits per heavy atom. The highest BCUT2D eigenvalue weighted by molar-refractivity contribution is 6.34. The number of amides is 1. The quantitative estimate of drug-likeness (QED) is 0.465. The van der Waals surface area contributed by atoms with Crippen molar-refractivity contribution < 1.29 is 24.4 Å². The van der Waals surface area contributed by atoms with Crippen LogP contribution in [0.25, 0.3) is 0 Å². The van der Waals surface area contributed by atoms with Crippen LogP contribution in [0.1, 0.15) is 10.4 Å². The lowest BCUT2D eigenvalue weighted by Crippen LogP contribution is -2.44. The minimum atomic E-state index is -1.33. The molecule has 0 saturated carbocycles. The number of hydrogen-bond acceptors (Lipinski definition) is 6. The van der Waals surface area contributed by atoms with Crippen molar-refractivity contribution in [1.82, 2.24) is 5.32 Å². The van der Waals surface area contributed by atoms with Gasteiger partial charge in [-0.05, 0) is 6.07 Å². The summed E-state index contributed by atoms with van der Waals surface area (Å²) in [4.78, 5) is 33.3. The Balaban J connectivity index is 3.09. The second-order valence-electron chi connectivity index (χ2n) is 3.62. The SMILES string of the molecule is COC(=O)C(CO)NC(=O)c1c(Cl)cccc1[N+](=O)[O-]. The van der Waals surface area contributed by atoms with E-state index >= 15 is 0 Å². The van der Waals surface area contributed by atoms with E-state index in [4.69, 9.17) is 16.7 Å². The van der Waals surface area contributed by atoms with E-state index in [0.717, 1.165) is 13.2 Å². The molecule has 1 atom stereocenters. The number of aliphatic hydroxyl groups is 1. The number of rotatable bonds is 5. The van der Waals surface area contributed by atoms with E-state index in [1.54, 1.807) is 0 Å². The molecular formula is C11H11ClN2O6. The molecule has 1 aromatic rings. The van der Waals surface area contributed by atoms with Gasteiger partial charge in [-0.3, -0.25) is 14.9 Å². The highest BCUT2D eigenvalue weighted by Gasteiger charge is 2.27. The fourth-order valence-corrected chi connectivity index (χ4v) is 1.70. The van der Waals surface area contributed by atoms with Crippen molar-refractivity contribution in [2.45, 2.75) is 6.04 Å². The van der Waals surface area contributed by atoms with Crippen LogP contribution in [0.4, 0.5) is 5.69 Å². The number of esters is 1. The lowest BCUT2D eigenvalue weighted by molar-refractivity contribution is -0.385. The second kappa shape index (κ2) is 6.83. The number of hydrogen-bond donors (Lipinski definition) is 2. The fourth-order valence-electron chi connectivity index (χ4n) is 1.44. The van der Waals surface area contributed by atoms with Gasteiger partial charge in [0.25, 0.3) is 11.6 Å². The van der Waals surface area contributed by atoms with Crippen molar-refractivity contribution in [1.29, 1.82) is 0 Å². The van der Waals surface area contributed by atoms with Crippen molar-refractivity contribution in [2.24, 2.45) is 0 Å². The maximum absolute atomic E-state index is 12.0. The Morgan fingerprint density at radius 2 is 2.20 bits per heavy atom. The van der Waals surface area contributed by atoms with Crippen LogP contribution >= 0.6 is 11.6 Å². The molecule has 2 N–H and O–H groups in total. The third kappa shape index (κ3) is 3.43. The summed E-state index contributed by atoms with van der Waals surface area (Å²) < 4.78 is 4.37. The average molecular weight is 303 g/mol. The number of halogens is 1. The molecule has 1 unspecified atom stereocenters. The van der Waals surface area contributed by atoms with Gasteiger partial charge in [-0.15, -0.1) is 0 Å². The zero-order valence-corrected chi connectivity index (χ0v) is 11.1. The lowest BCUT2D eigenvalue weighted by atomic mass is 10.1. The van der Waals surface area contributed by atoms with Crippen LogP contribution in [-0.4, -0.2) is 41.7 Å². The molecule has 0 aliphatic heterocycles. The zero-order chi connectivity index (χ0) is 15.3. The molecule has 0 spiro atoms. The summed E-state index contributed by atoms with van der Waals surface area (Å²) in [7, 11) is 1.08. The average Bonchev–Trinajstić information content (AvgIpc) is 2.43. The molecule has 8 nitrogen and oxygen atoms in total. The van der Waals surface area contributed by atoms with Gasteiger partial charge >= 0.3 is 5.97 Å². The molecule has 0 aromatic heterocycles. The van der Waals surface area contributed by atoms with Crippen molar-refractivity contribution in [3.63, 3.8) is 0 Å². The highest BCUT2D eigenvalue weighted by Crippen LogP contribution is 2.26. The first-order valence-corrected chi connectivity index (χ1v) is 5.72. The number of aliphatic hydroxyl groups excluding tert-OH is 1. The summed E-state index contributed by atoms with van der Waals surface area (Å²) in [6.45, 7) is -0.712. The molecule has 1 rings (SSSR count). The first-order chi connectivity index (χ1) is 9.42. The number of carbonyl (C=O) groups is 2. The van der Waals surface area contributed by atoms with Gasteiger partial charge < -0.3 is 15.2 Å². The van der Waals surface area contributed by atoms with Gasteiger partial charge in [0.1, 0.15) is 5.56 Å². The van der Waals surface area contributed by atoms with E-state index in [2.05, 4.69) is 10.1 Å². The third-order valence-corrected chi connectivity index (χ3v) is 2.70. The smallest absolute Gasteiger partial charge is 0.330 e. The summed E-state index contributed by atoms with van der Waals surface area (Å²) in [5.41, 5.74) is -0.891. The maximum atomic E-state index is 12.0. The monoisotopic (exact) mass is 302 g/mol. The van der Waals surface area contributed by atoms with E-state index in [0.29, 0.717) is 0 Å². The van der Waals surface area contributed by atoms with Crippen LogP contribution in [0.15, 0.2) is 18.2 Å². The Morgan fingerprint density at radius 3 is 2.70 bits per heavy atom. The highest BCUT2D eigenvalue weighted by atomic mass is 35.5. The molecule has 0 bridgehead atoms. The molecular weight excluding hydrogens is 292 g/mol. The lowest BCUT2D eigenvalue weighted by Gasteiger charge is -2.14. The van der Waals surface area contributed by atoms with E-state index in [-0.39, 0.29) is 10.6 Å². The maximum Gasteiger partial charge on any atom is 0.330 e. The minimum Gasteiger partial charge on any atom is -0.467 e. The van der Waals surface area contributed by atoms with E-state index < -0.39 is 35.1 Å². The number of nitro groups is 1. The Kier molecular flexibility index (Phi) is 5.42. The summed E-state index contributed by atoms with van der Waals surface area (Å²) in [5, 5.41) is 21.8. The van der Waals surface area contributed by atoms with Gasteiger partial charge in [-0.2, -0.15) is 0 Å². The Labute approximate surface area is 118 Å². The molecule has 1 amide bonds. The van der Waals surface area contributed by atoms with E-state index in [1.165, 1.54) is 12.1 Å². The molecule has 9 heteroatoms. The Hall–Kier alpha value is -2.19. The molecule has 0 aliphatic carbocycles. The molecule has 20 heavy (non-hydrogen) atoms. The third-order valence-electron chi connectivity index (χ3n) is 2.39. The zero-order valence-electron chi connectivity index (χ0n) is 10.3. The van der Waals surface area contributed by atoms with Crippen LogP contribution in [0.2, 0.25) is 5.02 Å². The second-order valence-corrected chi connectivity index (χ2v) is 4.03. The first kappa shape index (κ1) is 15.9. The number of methoxy groups -OCH3 is 1. The largest absolute Gasteiger partial charge is 0.467 e. The van der Waals surface area contributed by atoms with Crippen LogP contribution in [0.3, 0.4) is 0 Å². The number of benzene rings is 1. The number of nitrogens with one attached hydrogen (secondary N) is 1. The molecule has 0 radical (unpaired) electrons. The normalized spacial score (nSPS) is 11.6. The van der Waals surface area contributed by atoms with Gasteiger partial charge in [0.15, 0.2) is 6.04 Å². The molecule has 0 saturated heterocycles. The van der Waals surface area contributed by atoms with Gasteiger partial charge in [-0.25, -0.2) is 4.79 Å². The standard InChI is InChI=1S/C11H11ClN2O6/c1-20-11(17)7(5-15)13-10(16)9-6(12)3-2-4-8(9)14(18)19/h2-4,7,15H,5H2,1H3,(H,13,16).